The van der Waals surface area contributed by atoms with E-state index in [1.54, 1.807) is 0 Å². The highest BCUT2D eigenvalue weighted by Crippen LogP contribution is 2.25. The molecule has 2 aliphatic heterocycles. The van der Waals surface area contributed by atoms with Crippen LogP contribution in [0, 0.1) is 0 Å². The second-order valence-corrected chi connectivity index (χ2v) is 6.83. The monoisotopic (exact) mass is 290 g/mol. The van der Waals surface area contributed by atoms with Gasteiger partial charge in [-0.3, -0.25) is 9.69 Å². The molecule has 2 fully saturated rings. The van der Waals surface area contributed by atoms with E-state index in [1.165, 1.54) is 24.0 Å². The molecule has 2 atom stereocenters. The number of hydrogen-bond donors (Lipinski definition) is 0. The quantitative estimate of drug-likeness (QED) is 0.725. The van der Waals surface area contributed by atoms with Gasteiger partial charge in [0.05, 0.1) is 6.04 Å². The number of fused-ring (bicyclic) bond motifs is 1. The van der Waals surface area contributed by atoms with E-state index in [0.717, 1.165) is 32.5 Å². The van der Waals surface area contributed by atoms with Crippen LogP contribution in [-0.2, 0) is 4.79 Å². The van der Waals surface area contributed by atoms with Crippen molar-refractivity contribution >= 4 is 5.91 Å². The third-order valence-corrected chi connectivity index (χ3v) is 4.78. The van der Waals surface area contributed by atoms with Crippen molar-refractivity contribution < 1.29 is 4.79 Å². The van der Waals surface area contributed by atoms with E-state index < -0.39 is 0 Å². The summed E-state index contributed by atoms with van der Waals surface area (Å²) >= 11 is 0. The van der Waals surface area contributed by atoms with Gasteiger partial charge in [-0.15, -0.1) is 0 Å². The standard InChI is InChI=1S/C18H30N2O/c1-14(2)7-5-8-15(3)10-12-19-13-17-9-6-11-20(17)18(21)16(19)4/h7,10,16-17H,5-6,8-9,11-13H2,1-4H3/b15-10+/t16-,17+/m1/s1. The molecular formula is C18H30N2O. The van der Waals surface area contributed by atoms with E-state index in [4.69, 9.17) is 0 Å². The Labute approximate surface area is 129 Å². The van der Waals surface area contributed by atoms with Gasteiger partial charge in [0, 0.05) is 25.7 Å². The van der Waals surface area contributed by atoms with Gasteiger partial charge in [-0.2, -0.15) is 0 Å². The Morgan fingerprint density at radius 1 is 1.29 bits per heavy atom. The van der Waals surface area contributed by atoms with E-state index in [0.29, 0.717) is 11.9 Å². The number of allylic oxidation sites excluding steroid dienone is 3. The number of carbonyl (C=O) groups is 1. The number of piperazine rings is 1. The van der Waals surface area contributed by atoms with E-state index in [9.17, 15) is 4.79 Å². The third-order valence-electron chi connectivity index (χ3n) is 4.78. The van der Waals surface area contributed by atoms with Crippen molar-refractivity contribution in [3.05, 3.63) is 23.3 Å². The maximum atomic E-state index is 12.4. The minimum atomic E-state index is 0.0428. The first-order valence-electron chi connectivity index (χ1n) is 8.32. The number of amides is 1. The topological polar surface area (TPSA) is 23.6 Å². The lowest BCUT2D eigenvalue weighted by Gasteiger charge is -2.41. The summed E-state index contributed by atoms with van der Waals surface area (Å²) in [5, 5.41) is 0. The van der Waals surface area contributed by atoms with Crippen LogP contribution in [0.25, 0.3) is 0 Å². The first kappa shape index (κ1) is 16.3. The molecule has 0 N–H and O–H groups in total. The fourth-order valence-corrected chi connectivity index (χ4v) is 3.34. The summed E-state index contributed by atoms with van der Waals surface area (Å²) in [5.74, 6) is 0.333. The molecule has 2 rings (SSSR count). The lowest BCUT2D eigenvalue weighted by Crippen LogP contribution is -2.58. The molecule has 21 heavy (non-hydrogen) atoms. The van der Waals surface area contributed by atoms with Crippen LogP contribution in [0.15, 0.2) is 23.3 Å². The molecule has 2 saturated heterocycles. The van der Waals surface area contributed by atoms with E-state index in [-0.39, 0.29) is 6.04 Å². The molecule has 0 radical (unpaired) electrons. The maximum Gasteiger partial charge on any atom is 0.239 e. The van der Waals surface area contributed by atoms with Gasteiger partial charge >= 0.3 is 0 Å². The molecule has 2 aliphatic rings. The van der Waals surface area contributed by atoms with Crippen molar-refractivity contribution in [1.29, 1.82) is 0 Å². The summed E-state index contributed by atoms with van der Waals surface area (Å²) < 4.78 is 0. The van der Waals surface area contributed by atoms with Gasteiger partial charge < -0.3 is 4.90 Å². The summed E-state index contributed by atoms with van der Waals surface area (Å²) in [6.07, 6.45) is 9.20. The Kier molecular flexibility index (Phi) is 5.63. The molecule has 0 aromatic heterocycles. The molecule has 0 saturated carbocycles. The molecule has 0 bridgehead atoms. The summed E-state index contributed by atoms with van der Waals surface area (Å²) in [7, 11) is 0. The highest BCUT2D eigenvalue weighted by molar-refractivity contribution is 5.83. The summed E-state index contributed by atoms with van der Waals surface area (Å²) in [6, 6.07) is 0.509. The summed E-state index contributed by atoms with van der Waals surface area (Å²) in [6.45, 7) is 11.5. The molecule has 3 nitrogen and oxygen atoms in total. The Morgan fingerprint density at radius 3 is 2.76 bits per heavy atom. The Morgan fingerprint density at radius 2 is 2.05 bits per heavy atom. The van der Waals surface area contributed by atoms with Gasteiger partial charge in [0.15, 0.2) is 0 Å². The highest BCUT2D eigenvalue weighted by atomic mass is 16.2. The lowest BCUT2D eigenvalue weighted by atomic mass is 10.1. The minimum Gasteiger partial charge on any atom is -0.337 e. The average Bonchev–Trinajstić information content (AvgIpc) is 2.89. The molecule has 3 heteroatoms. The van der Waals surface area contributed by atoms with Crippen LogP contribution in [0.3, 0.4) is 0 Å². The van der Waals surface area contributed by atoms with Crippen molar-refractivity contribution in [3.63, 3.8) is 0 Å². The number of nitrogens with zero attached hydrogens (tertiary/aromatic N) is 2. The van der Waals surface area contributed by atoms with Crippen molar-refractivity contribution in [3.8, 4) is 0 Å². The molecule has 2 heterocycles. The van der Waals surface area contributed by atoms with Crippen LogP contribution < -0.4 is 0 Å². The van der Waals surface area contributed by atoms with Crippen molar-refractivity contribution in [2.75, 3.05) is 19.6 Å². The van der Waals surface area contributed by atoms with Crippen LogP contribution in [0.5, 0.6) is 0 Å². The predicted molar refractivity (Wildman–Crippen MR) is 88.2 cm³/mol. The van der Waals surface area contributed by atoms with E-state index in [1.807, 2.05) is 0 Å². The highest BCUT2D eigenvalue weighted by Gasteiger charge is 2.39. The van der Waals surface area contributed by atoms with Crippen molar-refractivity contribution in [1.82, 2.24) is 9.80 Å². The molecule has 1 amide bonds. The second kappa shape index (κ2) is 7.26. The maximum absolute atomic E-state index is 12.4. The van der Waals surface area contributed by atoms with Crippen molar-refractivity contribution in [2.24, 2.45) is 0 Å². The lowest BCUT2D eigenvalue weighted by molar-refractivity contribution is -0.142. The molecule has 0 aliphatic carbocycles. The van der Waals surface area contributed by atoms with E-state index in [2.05, 4.69) is 49.6 Å². The number of rotatable bonds is 5. The van der Waals surface area contributed by atoms with Gasteiger partial charge in [0.2, 0.25) is 5.91 Å². The number of carbonyl (C=O) groups excluding carboxylic acids is 1. The smallest absolute Gasteiger partial charge is 0.239 e. The Bertz CT molecular complexity index is 434. The molecule has 0 aromatic rings. The summed E-state index contributed by atoms with van der Waals surface area (Å²) in [5.41, 5.74) is 2.82. The van der Waals surface area contributed by atoms with Crippen LogP contribution in [0.1, 0.15) is 53.4 Å². The minimum absolute atomic E-state index is 0.0428. The largest absolute Gasteiger partial charge is 0.337 e. The number of hydrogen-bond acceptors (Lipinski definition) is 2. The van der Waals surface area contributed by atoms with Gasteiger partial charge in [-0.25, -0.2) is 0 Å². The first-order chi connectivity index (χ1) is 9.99. The van der Waals surface area contributed by atoms with Gasteiger partial charge in [-0.1, -0.05) is 23.3 Å². The zero-order valence-corrected chi connectivity index (χ0v) is 14.1. The summed E-state index contributed by atoms with van der Waals surface area (Å²) in [4.78, 5) is 16.8. The first-order valence-corrected chi connectivity index (χ1v) is 8.32. The van der Waals surface area contributed by atoms with Crippen LogP contribution in [0.4, 0.5) is 0 Å². The SMILES string of the molecule is CC(C)=CCC/C(C)=C/CN1C[C@@H]2CCCN2C(=O)[C@H]1C. The molecule has 118 valence electrons. The fraction of sp³-hybridized carbons (Fsp3) is 0.722. The van der Waals surface area contributed by atoms with Crippen LogP contribution >= 0.6 is 0 Å². The fourth-order valence-electron chi connectivity index (χ4n) is 3.34. The van der Waals surface area contributed by atoms with Crippen molar-refractivity contribution in [2.45, 2.75) is 65.5 Å². The average molecular weight is 290 g/mol. The zero-order valence-electron chi connectivity index (χ0n) is 14.1. The third kappa shape index (κ3) is 4.19. The second-order valence-electron chi connectivity index (χ2n) is 6.83. The molecule has 0 spiro atoms. The molecular weight excluding hydrogens is 260 g/mol. The molecule has 0 unspecified atom stereocenters. The van der Waals surface area contributed by atoms with Gasteiger partial charge in [0.1, 0.15) is 0 Å². The van der Waals surface area contributed by atoms with Gasteiger partial charge in [-0.05, 0) is 53.4 Å². The van der Waals surface area contributed by atoms with E-state index >= 15 is 0 Å². The van der Waals surface area contributed by atoms with Gasteiger partial charge in [0.25, 0.3) is 0 Å². The zero-order chi connectivity index (χ0) is 15.4. The van der Waals surface area contributed by atoms with Crippen LogP contribution in [0.2, 0.25) is 0 Å². The Hall–Kier alpha value is -1.09. The predicted octanol–water partition coefficient (Wildman–Crippen LogP) is 3.37. The van der Waals surface area contributed by atoms with Crippen LogP contribution in [-0.4, -0.2) is 47.4 Å². The normalized spacial score (nSPS) is 27.0. The molecule has 0 aromatic carbocycles. The Balaban J connectivity index is 1.87.